The molecule has 4 aromatic rings. The van der Waals surface area contributed by atoms with Crippen molar-refractivity contribution in [1.29, 1.82) is 0 Å². The monoisotopic (exact) mass is 414 g/mol. The molecule has 0 amide bonds. The van der Waals surface area contributed by atoms with Gasteiger partial charge >= 0.3 is 17.5 Å². The molecule has 6 N–H and O–H groups in total. The average Bonchev–Trinajstić information content (AvgIpc) is 2.67. The molecule has 0 atom stereocenters. The van der Waals surface area contributed by atoms with Crippen molar-refractivity contribution in [3.8, 4) is 0 Å². The van der Waals surface area contributed by atoms with Crippen LogP contribution in [-0.2, 0) is 0 Å². The first-order valence-electron chi connectivity index (χ1n) is 7.57. The van der Waals surface area contributed by atoms with Gasteiger partial charge in [-0.25, -0.2) is 15.0 Å². The Morgan fingerprint density at radius 2 is 0.733 bits per heavy atom. The smallest absolute Gasteiger partial charge is 0.381 e. The summed E-state index contributed by atoms with van der Waals surface area (Å²) in [6.07, 6.45) is 0. The number of hydrogen-bond donors (Lipinski definition) is 3. The van der Waals surface area contributed by atoms with Crippen molar-refractivity contribution in [1.82, 2.24) is 29.9 Å². The van der Waals surface area contributed by atoms with E-state index in [0.29, 0.717) is 0 Å². The fraction of sp³-hybridized carbons (Fsp3) is 0. The molecule has 150 valence electrons. The van der Waals surface area contributed by atoms with Crippen LogP contribution in [0.5, 0.6) is 0 Å². The molecule has 0 aliphatic rings. The fourth-order valence-electron chi connectivity index (χ4n) is 2.69. The van der Waals surface area contributed by atoms with Gasteiger partial charge in [0.2, 0.25) is 5.82 Å². The van der Waals surface area contributed by atoms with E-state index in [-0.39, 0.29) is 39.2 Å². The topological polar surface area (TPSA) is 285 Å². The van der Waals surface area contributed by atoms with E-state index >= 15 is 0 Å². The third-order valence-electron chi connectivity index (χ3n) is 3.91. The number of benzene rings is 1. The van der Waals surface area contributed by atoms with Crippen molar-refractivity contribution in [2.75, 3.05) is 17.2 Å². The summed E-state index contributed by atoms with van der Waals surface area (Å²) in [5.74, 6) is -4.38. The molecule has 18 heteroatoms. The summed E-state index contributed by atoms with van der Waals surface area (Å²) in [7, 11) is 0. The Bertz CT molecular complexity index is 1450. The van der Waals surface area contributed by atoms with Crippen molar-refractivity contribution in [3.05, 3.63) is 30.3 Å². The molecule has 0 aliphatic heterocycles. The van der Waals surface area contributed by atoms with Crippen molar-refractivity contribution in [2.45, 2.75) is 0 Å². The first-order valence-corrected chi connectivity index (χ1v) is 7.57. The van der Waals surface area contributed by atoms with Gasteiger partial charge in [0, 0.05) is 0 Å². The van der Waals surface area contributed by atoms with Gasteiger partial charge in [-0.2, -0.15) is 0 Å². The average molecular weight is 414 g/mol. The number of fused-ring (bicyclic) bond motifs is 6. The van der Waals surface area contributed by atoms with Gasteiger partial charge in [0.15, 0.2) is 11.6 Å². The quantitative estimate of drug-likeness (QED) is 0.225. The molecule has 0 saturated heterocycles. The zero-order chi connectivity index (χ0) is 21.9. The summed E-state index contributed by atoms with van der Waals surface area (Å²) in [4.78, 5) is 53.5. The lowest BCUT2D eigenvalue weighted by Gasteiger charge is -2.05. The number of rotatable bonds is 3. The largest absolute Gasteiger partial charge is 0.463 e. The number of aromatic nitrogens is 6. The van der Waals surface area contributed by atoms with Crippen LogP contribution in [0.15, 0.2) is 0 Å². The number of nitrogens with zero attached hydrogens (tertiary/aromatic N) is 9. The Morgan fingerprint density at radius 1 is 0.467 bits per heavy atom. The van der Waals surface area contributed by atoms with E-state index in [2.05, 4.69) is 29.9 Å². The van der Waals surface area contributed by atoms with Crippen LogP contribution in [-0.4, -0.2) is 44.7 Å². The fourth-order valence-corrected chi connectivity index (χ4v) is 2.69. The maximum Gasteiger partial charge on any atom is 0.463 e. The van der Waals surface area contributed by atoms with Crippen LogP contribution >= 0.6 is 0 Å². The summed E-state index contributed by atoms with van der Waals surface area (Å²) in [5.41, 5.74) is 15.2. The van der Waals surface area contributed by atoms with Gasteiger partial charge in [0.05, 0.1) is 0 Å². The Morgan fingerprint density at radius 3 is 1.07 bits per heavy atom. The number of anilines is 3. The summed E-state index contributed by atoms with van der Waals surface area (Å²) in [5, 5.41) is 33.7. The van der Waals surface area contributed by atoms with Gasteiger partial charge in [-0.15, -0.1) is 0 Å². The molecule has 0 aliphatic carbocycles. The Balaban J connectivity index is 2.37. The van der Waals surface area contributed by atoms with Crippen LogP contribution in [0.1, 0.15) is 0 Å². The molecule has 0 fully saturated rings. The highest BCUT2D eigenvalue weighted by atomic mass is 16.6. The van der Waals surface area contributed by atoms with Crippen molar-refractivity contribution in [2.24, 2.45) is 0 Å². The molecule has 0 bridgehead atoms. The zero-order valence-electron chi connectivity index (χ0n) is 14.2. The minimum absolute atomic E-state index is 0.143. The van der Waals surface area contributed by atoms with Crippen LogP contribution in [0.4, 0.5) is 34.9 Å². The van der Waals surface area contributed by atoms with Crippen LogP contribution in [0.25, 0.3) is 33.1 Å². The van der Waals surface area contributed by atoms with Crippen molar-refractivity contribution < 1.29 is 14.8 Å². The molecular formula is C12H6N12O6. The van der Waals surface area contributed by atoms with Gasteiger partial charge in [-0.05, 0) is 29.7 Å². The first-order chi connectivity index (χ1) is 14.1. The molecule has 0 radical (unpaired) electrons. The molecule has 3 aromatic heterocycles. The van der Waals surface area contributed by atoms with Crippen LogP contribution < -0.4 is 17.2 Å². The highest BCUT2D eigenvalue weighted by Gasteiger charge is 2.36. The SMILES string of the molecule is Nc1nc2c(nc1N)c1nc([N+](=O)[O-])c([N+](=O)[O-])nc1c1nc([N+](=O)[O-])c(N)nc21. The number of nitrogen functional groups attached to an aromatic ring is 3. The van der Waals surface area contributed by atoms with Crippen LogP contribution in [0.2, 0.25) is 0 Å². The predicted molar refractivity (Wildman–Crippen MR) is 98.9 cm³/mol. The molecule has 1 aromatic carbocycles. The van der Waals surface area contributed by atoms with E-state index in [1.165, 1.54) is 0 Å². The second-order valence-electron chi connectivity index (χ2n) is 5.66. The summed E-state index contributed by atoms with van der Waals surface area (Å²) in [6.45, 7) is 0. The second-order valence-corrected chi connectivity index (χ2v) is 5.66. The minimum atomic E-state index is -1.22. The van der Waals surface area contributed by atoms with Crippen molar-refractivity contribution >= 4 is 68.0 Å². The lowest BCUT2D eigenvalue weighted by atomic mass is 10.2. The first kappa shape index (κ1) is 18.2. The minimum Gasteiger partial charge on any atom is -0.381 e. The normalized spacial score (nSPS) is 11.2. The molecule has 0 saturated carbocycles. The van der Waals surface area contributed by atoms with Gasteiger partial charge in [-0.1, -0.05) is 0 Å². The lowest BCUT2D eigenvalue weighted by Crippen LogP contribution is -2.08. The van der Waals surface area contributed by atoms with Crippen LogP contribution in [0, 0.1) is 30.3 Å². The third-order valence-corrected chi connectivity index (χ3v) is 3.91. The predicted octanol–water partition coefficient (Wildman–Crippen LogP) is -0.0126. The highest BCUT2D eigenvalue weighted by molar-refractivity contribution is 6.19. The summed E-state index contributed by atoms with van der Waals surface area (Å²) in [6, 6.07) is 0. The van der Waals surface area contributed by atoms with E-state index in [1.54, 1.807) is 0 Å². The molecule has 30 heavy (non-hydrogen) atoms. The van der Waals surface area contributed by atoms with E-state index in [4.69, 9.17) is 17.2 Å². The number of nitro groups is 3. The Kier molecular flexibility index (Phi) is 3.59. The number of hydrogen-bond acceptors (Lipinski definition) is 15. The molecule has 0 spiro atoms. The molecule has 4 rings (SSSR count). The van der Waals surface area contributed by atoms with E-state index in [9.17, 15) is 30.3 Å². The maximum absolute atomic E-state index is 11.3. The maximum atomic E-state index is 11.3. The molecular weight excluding hydrogens is 408 g/mol. The second kappa shape index (κ2) is 5.92. The van der Waals surface area contributed by atoms with E-state index in [0.717, 1.165) is 0 Å². The molecule has 18 nitrogen and oxygen atoms in total. The third kappa shape index (κ3) is 2.44. The van der Waals surface area contributed by atoms with Gasteiger partial charge in [-0.3, -0.25) is 0 Å². The van der Waals surface area contributed by atoms with Gasteiger partial charge in [0.1, 0.15) is 16.6 Å². The van der Waals surface area contributed by atoms with Gasteiger partial charge in [0.25, 0.3) is 16.6 Å². The molecule has 3 heterocycles. The Hall–Kier alpha value is -5.16. The standard InChI is InChI=1S/C12H6N12O6/c13-7-8(14)17-2-1(16-7)3-4(19-10(22(25)26)9(15)18-3)6-5(2)20-11(23(27)28)12(21-6)24(29)30/h(H2,13,16)(H2,14,17)(H2,15,18). The number of nitrogens with two attached hydrogens (primary N) is 3. The molecule has 0 unspecified atom stereocenters. The van der Waals surface area contributed by atoms with E-state index in [1.807, 2.05) is 0 Å². The Labute approximate surface area is 161 Å². The van der Waals surface area contributed by atoms with Crippen LogP contribution in [0.3, 0.4) is 0 Å². The van der Waals surface area contributed by atoms with Crippen molar-refractivity contribution in [3.63, 3.8) is 0 Å². The highest BCUT2D eigenvalue weighted by Crippen LogP contribution is 2.36. The summed E-state index contributed by atoms with van der Waals surface area (Å²) < 4.78 is 0. The summed E-state index contributed by atoms with van der Waals surface area (Å²) >= 11 is 0. The van der Waals surface area contributed by atoms with E-state index < -0.39 is 43.6 Å². The zero-order valence-corrected chi connectivity index (χ0v) is 14.2. The lowest BCUT2D eigenvalue weighted by molar-refractivity contribution is -0.428. The van der Waals surface area contributed by atoms with Gasteiger partial charge < -0.3 is 47.5 Å².